The molecular formula is C35H32N4O7S3. The van der Waals surface area contributed by atoms with Gasteiger partial charge in [-0.2, -0.15) is 18.6 Å². The minimum absolute atomic E-state index is 0.172. The van der Waals surface area contributed by atoms with Crippen LogP contribution in [0.1, 0.15) is 40.1 Å². The normalized spacial score (nSPS) is 12.5. The van der Waals surface area contributed by atoms with Gasteiger partial charge in [0.2, 0.25) is 0 Å². The lowest BCUT2D eigenvalue weighted by Crippen LogP contribution is -2.05. The van der Waals surface area contributed by atoms with E-state index in [2.05, 4.69) is 31.2 Å². The highest BCUT2D eigenvalue weighted by Gasteiger charge is 2.25. The number of benzene rings is 2. The van der Waals surface area contributed by atoms with Gasteiger partial charge in [0, 0.05) is 19.3 Å². The Hall–Kier alpha value is -4.31. The van der Waals surface area contributed by atoms with Crippen LogP contribution in [0.15, 0.2) is 79.1 Å². The Balaban J connectivity index is 0.925. The summed E-state index contributed by atoms with van der Waals surface area (Å²) in [6.45, 7) is 6.62. The van der Waals surface area contributed by atoms with E-state index in [9.17, 15) is 13.0 Å². The quantitative estimate of drug-likeness (QED) is 0.0928. The smallest absolute Gasteiger partial charge is 0.304 e. The Morgan fingerprint density at radius 3 is 1.84 bits per heavy atom. The molecule has 0 radical (unpaired) electrons. The van der Waals surface area contributed by atoms with E-state index in [0.717, 1.165) is 49.5 Å². The van der Waals surface area contributed by atoms with Gasteiger partial charge in [0.1, 0.15) is 38.3 Å². The number of ether oxygens (including phenoxy) is 2. The summed E-state index contributed by atoms with van der Waals surface area (Å²) in [6, 6.07) is 19.9. The molecule has 6 aromatic heterocycles. The third kappa shape index (κ3) is 6.31. The van der Waals surface area contributed by atoms with Gasteiger partial charge < -0.3 is 18.3 Å². The molecule has 1 N–H and O–H groups in total. The van der Waals surface area contributed by atoms with Crippen LogP contribution in [0, 0.1) is 13.8 Å². The average Bonchev–Trinajstić information content (AvgIpc) is 3.89. The topological polar surface area (TPSA) is 135 Å². The van der Waals surface area contributed by atoms with Crippen LogP contribution in [0.4, 0.5) is 0 Å². The summed E-state index contributed by atoms with van der Waals surface area (Å²) >= 11 is 2.60. The molecule has 0 aliphatic rings. The Morgan fingerprint density at radius 2 is 1.29 bits per heavy atom. The fourth-order valence-electron chi connectivity index (χ4n) is 5.89. The van der Waals surface area contributed by atoms with Gasteiger partial charge in [0.05, 0.1) is 31.0 Å². The van der Waals surface area contributed by atoms with Crippen LogP contribution in [-0.4, -0.2) is 45.7 Å². The maximum atomic E-state index is 11.8. The van der Waals surface area contributed by atoms with Crippen molar-refractivity contribution in [2.24, 2.45) is 0 Å². The van der Waals surface area contributed by atoms with Crippen LogP contribution in [0.5, 0.6) is 0 Å². The zero-order valence-corrected chi connectivity index (χ0v) is 29.2. The van der Waals surface area contributed by atoms with E-state index in [4.69, 9.17) is 28.5 Å². The van der Waals surface area contributed by atoms with E-state index in [1.807, 2.05) is 47.3 Å². The SMILES string of the molecule is Cc1ccc(Cn2nc(COCCCOCc3nn(Cc4ccc(C)cc4)c4c3oc3cc(S(=O)(=O)O)sc34)c3oc4ccsc4c32)cc1. The molecule has 0 aliphatic heterocycles. The first kappa shape index (κ1) is 31.9. The van der Waals surface area contributed by atoms with E-state index >= 15 is 0 Å². The third-order valence-electron chi connectivity index (χ3n) is 8.33. The molecule has 0 saturated carbocycles. The highest BCUT2D eigenvalue weighted by Crippen LogP contribution is 2.39. The third-order valence-corrected chi connectivity index (χ3v) is 11.7. The second-order valence-corrected chi connectivity index (χ2v) is 15.7. The molecule has 0 unspecified atom stereocenters. The van der Waals surface area contributed by atoms with Crippen molar-refractivity contribution in [1.29, 1.82) is 0 Å². The van der Waals surface area contributed by atoms with Gasteiger partial charge >= 0.3 is 10.1 Å². The van der Waals surface area contributed by atoms with Crippen molar-refractivity contribution in [3.05, 3.63) is 99.7 Å². The summed E-state index contributed by atoms with van der Waals surface area (Å²) in [7, 11) is -4.36. The van der Waals surface area contributed by atoms with E-state index in [1.165, 1.54) is 17.2 Å². The van der Waals surface area contributed by atoms with Gasteiger partial charge in [0.15, 0.2) is 15.4 Å². The average molecular weight is 717 g/mol. The number of aryl methyl sites for hydroxylation is 2. The van der Waals surface area contributed by atoms with Crippen LogP contribution < -0.4 is 0 Å². The fourth-order valence-corrected chi connectivity index (χ4v) is 8.54. The first-order valence-corrected chi connectivity index (χ1v) is 18.9. The number of hydrogen-bond donors (Lipinski definition) is 1. The minimum Gasteiger partial charge on any atom is -0.451 e. The molecule has 8 rings (SSSR count). The van der Waals surface area contributed by atoms with Crippen molar-refractivity contribution in [3.63, 3.8) is 0 Å². The van der Waals surface area contributed by atoms with Crippen LogP contribution in [0.2, 0.25) is 0 Å². The molecule has 8 aromatic rings. The number of aromatic nitrogens is 4. The number of hydrogen-bond acceptors (Lipinski definition) is 10. The number of fused-ring (bicyclic) bond motifs is 6. The summed E-state index contributed by atoms with van der Waals surface area (Å²) in [4.78, 5) is 0. The summed E-state index contributed by atoms with van der Waals surface area (Å²) in [6.07, 6.45) is 0.651. The maximum Gasteiger partial charge on any atom is 0.304 e. The van der Waals surface area contributed by atoms with Gasteiger partial charge in [-0.15, -0.1) is 22.7 Å². The fraction of sp³-hybridized carbons (Fsp3) is 0.257. The van der Waals surface area contributed by atoms with Gasteiger partial charge in [-0.3, -0.25) is 13.9 Å². The number of rotatable bonds is 13. The highest BCUT2D eigenvalue weighted by atomic mass is 32.3. The van der Waals surface area contributed by atoms with Gasteiger partial charge in [-0.25, -0.2) is 0 Å². The maximum absolute atomic E-state index is 11.8. The van der Waals surface area contributed by atoms with E-state index in [-0.39, 0.29) is 10.8 Å². The number of nitrogens with zero attached hydrogens (tertiary/aromatic N) is 4. The van der Waals surface area contributed by atoms with Crippen molar-refractivity contribution in [1.82, 2.24) is 19.6 Å². The lowest BCUT2D eigenvalue weighted by Gasteiger charge is -2.05. The Morgan fingerprint density at radius 1 is 0.755 bits per heavy atom. The molecule has 0 fully saturated rings. The molecule has 0 aliphatic carbocycles. The summed E-state index contributed by atoms with van der Waals surface area (Å²) < 4.78 is 62.8. The summed E-state index contributed by atoms with van der Waals surface area (Å²) in [5, 5.41) is 11.7. The molecule has 6 heterocycles. The lowest BCUT2D eigenvalue weighted by atomic mass is 10.1. The van der Waals surface area contributed by atoms with E-state index in [0.29, 0.717) is 66.4 Å². The van der Waals surface area contributed by atoms with Gasteiger partial charge in [0.25, 0.3) is 0 Å². The van der Waals surface area contributed by atoms with E-state index in [1.54, 1.807) is 16.0 Å². The molecule has 49 heavy (non-hydrogen) atoms. The van der Waals surface area contributed by atoms with Crippen molar-refractivity contribution >= 4 is 75.6 Å². The van der Waals surface area contributed by atoms with Crippen molar-refractivity contribution in [2.45, 2.75) is 50.8 Å². The van der Waals surface area contributed by atoms with Crippen LogP contribution in [0.25, 0.3) is 42.8 Å². The molecule has 0 atom stereocenters. The Kier molecular flexibility index (Phi) is 8.38. The molecule has 11 nitrogen and oxygen atoms in total. The molecule has 0 spiro atoms. The molecule has 14 heteroatoms. The van der Waals surface area contributed by atoms with E-state index < -0.39 is 10.1 Å². The second-order valence-electron chi connectivity index (χ2n) is 12.0. The van der Waals surface area contributed by atoms with Gasteiger partial charge in [-0.05, 0) is 42.8 Å². The molecule has 2 aromatic carbocycles. The Labute approximate surface area is 289 Å². The van der Waals surface area contributed by atoms with Crippen molar-refractivity contribution < 1.29 is 31.3 Å². The predicted molar refractivity (Wildman–Crippen MR) is 189 cm³/mol. The summed E-state index contributed by atoms with van der Waals surface area (Å²) in [5.41, 5.74) is 10.1. The zero-order valence-electron chi connectivity index (χ0n) is 26.7. The molecule has 0 bridgehead atoms. The van der Waals surface area contributed by atoms with Gasteiger partial charge in [-0.1, -0.05) is 59.7 Å². The summed E-state index contributed by atoms with van der Waals surface area (Å²) in [5.74, 6) is 0. The zero-order chi connectivity index (χ0) is 33.7. The molecular weight excluding hydrogens is 685 g/mol. The standard InChI is InChI=1S/C35H32N4O7S3/c1-21-4-8-23(9-5-21)17-38-30-32(45-27-12-15-47-34(27)30)25(36-38)19-43-13-3-14-44-20-26-33-31(35-28(46-33)16-29(48-35)49(40,41)42)39(37-26)18-24-10-6-22(2)7-11-24/h4-12,15-16H,3,13-14,17-20H2,1-2H3,(H,40,41,42). The first-order valence-electron chi connectivity index (χ1n) is 15.7. The van der Waals surface area contributed by atoms with Crippen LogP contribution >= 0.6 is 22.7 Å². The first-order chi connectivity index (χ1) is 23.7. The highest BCUT2D eigenvalue weighted by molar-refractivity contribution is 7.88. The molecule has 0 saturated heterocycles. The monoisotopic (exact) mass is 716 g/mol. The van der Waals surface area contributed by atoms with Crippen molar-refractivity contribution in [3.8, 4) is 0 Å². The predicted octanol–water partition coefficient (Wildman–Crippen LogP) is 8.09. The van der Waals surface area contributed by atoms with Crippen molar-refractivity contribution in [2.75, 3.05) is 13.2 Å². The molecule has 252 valence electrons. The number of furan rings is 2. The molecule has 0 amide bonds. The van der Waals surface area contributed by atoms with Crippen LogP contribution in [-0.2, 0) is 45.9 Å². The second kappa shape index (κ2) is 12.9. The van der Waals surface area contributed by atoms with Crippen LogP contribution in [0.3, 0.4) is 0 Å². The minimum atomic E-state index is -4.36. The lowest BCUT2D eigenvalue weighted by molar-refractivity contribution is 0.0673. The largest absolute Gasteiger partial charge is 0.451 e. The Bertz CT molecular complexity index is 2530. The number of thiophene rings is 2.